The number of ether oxygens (including phenoxy) is 3. The van der Waals surface area contributed by atoms with Gasteiger partial charge >= 0.3 is 0 Å². The zero-order valence-corrected chi connectivity index (χ0v) is 14.1. The summed E-state index contributed by atoms with van der Waals surface area (Å²) in [6.07, 6.45) is 1.14. The second-order valence-corrected chi connectivity index (χ2v) is 7.13. The van der Waals surface area contributed by atoms with Crippen LogP contribution in [0, 0.1) is 0 Å². The van der Waals surface area contributed by atoms with Crippen LogP contribution >= 0.6 is 0 Å². The molecule has 2 aromatic rings. The van der Waals surface area contributed by atoms with Crippen molar-refractivity contribution in [1.82, 2.24) is 0 Å². The third-order valence-electron chi connectivity index (χ3n) is 5.61. The summed E-state index contributed by atoms with van der Waals surface area (Å²) >= 11 is 0. The molecule has 2 aromatic carbocycles. The Hall–Kier alpha value is -2.53. The van der Waals surface area contributed by atoms with Crippen molar-refractivity contribution < 1.29 is 24.1 Å². The predicted octanol–water partition coefficient (Wildman–Crippen LogP) is 2.63. The van der Waals surface area contributed by atoms with Crippen molar-refractivity contribution in [2.45, 2.75) is 31.5 Å². The second kappa shape index (κ2) is 4.76. The van der Waals surface area contributed by atoms with E-state index < -0.39 is 0 Å². The lowest BCUT2D eigenvalue weighted by molar-refractivity contribution is 0.103. The van der Waals surface area contributed by atoms with E-state index in [-0.39, 0.29) is 23.2 Å². The van der Waals surface area contributed by atoms with Gasteiger partial charge in [0.15, 0.2) is 5.78 Å². The maximum absolute atomic E-state index is 13.1. The molecule has 5 nitrogen and oxygen atoms in total. The maximum atomic E-state index is 13.1. The average molecular weight is 338 g/mol. The highest BCUT2D eigenvalue weighted by molar-refractivity contribution is 6.14. The topological polar surface area (TPSA) is 68.3 Å². The highest BCUT2D eigenvalue weighted by atomic mass is 16.6. The quantitative estimate of drug-likeness (QED) is 0.728. The van der Waals surface area contributed by atoms with Gasteiger partial charge in [-0.15, -0.1) is 0 Å². The average Bonchev–Trinajstić information content (AvgIpc) is 3.20. The summed E-state index contributed by atoms with van der Waals surface area (Å²) in [6, 6.07) is 6.88. The van der Waals surface area contributed by atoms with Gasteiger partial charge in [-0.2, -0.15) is 0 Å². The van der Waals surface area contributed by atoms with E-state index in [9.17, 15) is 9.90 Å². The van der Waals surface area contributed by atoms with Gasteiger partial charge in [0.25, 0.3) is 0 Å². The van der Waals surface area contributed by atoms with Crippen LogP contribution in [0.25, 0.3) is 0 Å². The van der Waals surface area contributed by atoms with Crippen LogP contribution in [-0.2, 0) is 17.6 Å². The number of carbonyl (C=O) groups is 1. The predicted molar refractivity (Wildman–Crippen MR) is 89.8 cm³/mol. The Balaban J connectivity index is 1.69. The fraction of sp³-hybridized carbons (Fsp3) is 0.350. The van der Waals surface area contributed by atoms with Gasteiger partial charge in [-0.3, -0.25) is 4.79 Å². The third-order valence-corrected chi connectivity index (χ3v) is 5.61. The molecule has 0 aromatic heterocycles. The van der Waals surface area contributed by atoms with E-state index in [1.54, 1.807) is 25.3 Å². The molecule has 2 heterocycles. The standard InChI is InChI=1S/C20H18O5/c1-20(9-24-20)17-7-12-13-6-11-10(4-3-5-14(11)21)19(22)18(13)16(23-2)8-15(12)25-17/h3-5,8,17,21H,6-7,9H2,1-2H3/t17-,20-/m1/s1. The molecule has 0 radical (unpaired) electrons. The Labute approximate surface area is 145 Å². The largest absolute Gasteiger partial charge is 0.508 e. The van der Waals surface area contributed by atoms with E-state index >= 15 is 0 Å². The Bertz CT molecular complexity index is 926. The number of hydrogen-bond acceptors (Lipinski definition) is 5. The summed E-state index contributed by atoms with van der Waals surface area (Å²) in [5.41, 5.74) is 3.48. The molecule has 25 heavy (non-hydrogen) atoms. The third kappa shape index (κ3) is 1.96. The van der Waals surface area contributed by atoms with E-state index in [0.29, 0.717) is 41.9 Å². The molecule has 0 spiro atoms. The fourth-order valence-corrected chi connectivity index (χ4v) is 3.97. The van der Waals surface area contributed by atoms with Gasteiger partial charge in [-0.05, 0) is 18.6 Å². The maximum Gasteiger partial charge on any atom is 0.197 e. The van der Waals surface area contributed by atoms with Gasteiger partial charge in [0.05, 0.1) is 19.3 Å². The molecule has 1 aliphatic carbocycles. The minimum Gasteiger partial charge on any atom is -0.508 e. The molecule has 1 fully saturated rings. The molecule has 2 aliphatic heterocycles. The first-order valence-electron chi connectivity index (χ1n) is 8.41. The molecule has 0 unspecified atom stereocenters. The first kappa shape index (κ1) is 14.8. The van der Waals surface area contributed by atoms with Gasteiger partial charge in [0.2, 0.25) is 0 Å². The lowest BCUT2D eigenvalue weighted by Gasteiger charge is -2.23. The summed E-state index contributed by atoms with van der Waals surface area (Å²) in [4.78, 5) is 13.1. The molecule has 2 atom stereocenters. The summed E-state index contributed by atoms with van der Waals surface area (Å²) in [5, 5.41) is 10.2. The molecule has 5 rings (SSSR count). The van der Waals surface area contributed by atoms with Crippen molar-refractivity contribution in [3.8, 4) is 17.2 Å². The summed E-state index contributed by atoms with van der Waals surface area (Å²) in [7, 11) is 1.56. The molecule has 1 saturated heterocycles. The van der Waals surface area contributed by atoms with Crippen LogP contribution in [0.3, 0.4) is 0 Å². The number of ketones is 1. The van der Waals surface area contributed by atoms with E-state index in [0.717, 1.165) is 16.9 Å². The number of hydrogen-bond donors (Lipinski definition) is 1. The highest BCUT2D eigenvalue weighted by Gasteiger charge is 2.52. The van der Waals surface area contributed by atoms with Crippen molar-refractivity contribution in [1.29, 1.82) is 0 Å². The molecule has 0 saturated carbocycles. The van der Waals surface area contributed by atoms with Crippen molar-refractivity contribution in [2.24, 2.45) is 0 Å². The summed E-state index contributed by atoms with van der Waals surface area (Å²) in [6.45, 7) is 2.73. The van der Waals surface area contributed by atoms with Crippen LogP contribution in [0.5, 0.6) is 17.2 Å². The van der Waals surface area contributed by atoms with E-state index in [1.165, 1.54) is 0 Å². The Kier molecular flexibility index (Phi) is 2.82. The van der Waals surface area contributed by atoms with Crippen LogP contribution in [0.4, 0.5) is 0 Å². The van der Waals surface area contributed by atoms with Crippen LogP contribution in [0.1, 0.15) is 39.5 Å². The van der Waals surface area contributed by atoms with Crippen LogP contribution in [0.15, 0.2) is 24.3 Å². The zero-order valence-electron chi connectivity index (χ0n) is 14.1. The summed E-state index contributed by atoms with van der Waals surface area (Å²) < 4.78 is 17.2. The van der Waals surface area contributed by atoms with Crippen LogP contribution in [-0.4, -0.2) is 36.3 Å². The number of benzene rings is 2. The minimum absolute atomic E-state index is 0.0559. The first-order chi connectivity index (χ1) is 12.0. The number of epoxide rings is 1. The van der Waals surface area contributed by atoms with Gasteiger partial charge in [-0.25, -0.2) is 0 Å². The number of methoxy groups -OCH3 is 1. The molecule has 0 amide bonds. The number of aromatic hydroxyl groups is 1. The molecule has 0 bridgehead atoms. The van der Waals surface area contributed by atoms with Crippen LogP contribution in [0.2, 0.25) is 0 Å². The highest BCUT2D eigenvalue weighted by Crippen LogP contribution is 2.48. The van der Waals surface area contributed by atoms with Crippen LogP contribution < -0.4 is 9.47 Å². The van der Waals surface area contributed by atoms with E-state index in [2.05, 4.69) is 0 Å². The van der Waals surface area contributed by atoms with E-state index in [4.69, 9.17) is 14.2 Å². The number of rotatable bonds is 2. The van der Waals surface area contributed by atoms with Gasteiger partial charge in [-0.1, -0.05) is 12.1 Å². The Morgan fingerprint density at radius 2 is 2.08 bits per heavy atom. The normalized spacial score (nSPS) is 25.7. The first-order valence-corrected chi connectivity index (χ1v) is 8.41. The zero-order chi connectivity index (χ0) is 17.3. The van der Waals surface area contributed by atoms with Crippen molar-refractivity contribution >= 4 is 5.78 Å². The summed E-state index contributed by atoms with van der Waals surface area (Å²) in [5.74, 6) is 1.32. The van der Waals surface area contributed by atoms with Gasteiger partial charge in [0.1, 0.15) is 29.0 Å². The monoisotopic (exact) mass is 338 g/mol. The Morgan fingerprint density at radius 1 is 1.28 bits per heavy atom. The van der Waals surface area contributed by atoms with Gasteiger partial charge in [0, 0.05) is 35.6 Å². The molecule has 5 heteroatoms. The fourth-order valence-electron chi connectivity index (χ4n) is 3.97. The SMILES string of the molecule is COc1cc2c(c3c1C(=O)c1cccc(O)c1C3)C[C@H]([C@@]1(C)CO1)O2. The van der Waals surface area contributed by atoms with Crippen molar-refractivity contribution in [3.63, 3.8) is 0 Å². The smallest absolute Gasteiger partial charge is 0.197 e. The molecular weight excluding hydrogens is 320 g/mol. The molecule has 128 valence electrons. The lowest BCUT2D eigenvalue weighted by Crippen LogP contribution is -2.30. The number of carbonyl (C=O) groups excluding carboxylic acids is 1. The van der Waals surface area contributed by atoms with Crippen molar-refractivity contribution in [3.05, 3.63) is 52.1 Å². The van der Waals surface area contributed by atoms with Crippen molar-refractivity contribution in [2.75, 3.05) is 13.7 Å². The minimum atomic E-state index is -0.252. The number of fused-ring (bicyclic) bond motifs is 4. The number of phenols is 1. The second-order valence-electron chi connectivity index (χ2n) is 7.13. The molecular formula is C20H18O5. The van der Waals surface area contributed by atoms with Gasteiger partial charge < -0.3 is 19.3 Å². The number of phenolic OH excluding ortho intramolecular Hbond substituents is 1. The Morgan fingerprint density at radius 3 is 2.80 bits per heavy atom. The molecule has 1 N–H and O–H groups in total. The lowest BCUT2D eigenvalue weighted by atomic mass is 9.80. The molecule has 3 aliphatic rings. The van der Waals surface area contributed by atoms with E-state index in [1.807, 2.05) is 13.0 Å².